The summed E-state index contributed by atoms with van der Waals surface area (Å²) >= 11 is 0. The molecule has 0 bridgehead atoms. The number of benzene rings is 1. The zero-order chi connectivity index (χ0) is 14.8. The summed E-state index contributed by atoms with van der Waals surface area (Å²) in [6, 6.07) is 13.0. The van der Waals surface area contributed by atoms with Crippen LogP contribution in [0.15, 0.2) is 30.3 Å². The van der Waals surface area contributed by atoms with Crippen molar-refractivity contribution < 1.29 is 0 Å². The van der Waals surface area contributed by atoms with E-state index in [2.05, 4.69) is 61.3 Å². The van der Waals surface area contributed by atoms with E-state index in [0.717, 1.165) is 24.4 Å². The van der Waals surface area contributed by atoms with Gasteiger partial charge in [0.05, 0.1) is 0 Å². The van der Waals surface area contributed by atoms with Crippen LogP contribution in [0.2, 0.25) is 0 Å². The minimum Gasteiger partial charge on any atom is -0.311 e. The van der Waals surface area contributed by atoms with E-state index in [-0.39, 0.29) is 0 Å². The molecule has 1 aromatic rings. The van der Waals surface area contributed by atoms with Crippen molar-refractivity contribution in [2.75, 3.05) is 13.1 Å². The Hall–Kier alpha value is -0.860. The Morgan fingerprint density at radius 3 is 2.48 bits per heavy atom. The maximum absolute atomic E-state index is 3.68. The zero-order valence-corrected chi connectivity index (χ0v) is 13.8. The Kier molecular flexibility index (Phi) is 4.66. The number of nitrogens with one attached hydrogen (secondary N) is 1. The maximum atomic E-state index is 3.68. The van der Waals surface area contributed by atoms with Gasteiger partial charge in [0.25, 0.3) is 0 Å². The van der Waals surface area contributed by atoms with Crippen molar-refractivity contribution in [3.8, 4) is 0 Å². The molecule has 2 aliphatic rings. The van der Waals surface area contributed by atoms with Crippen LogP contribution in [0.25, 0.3) is 0 Å². The van der Waals surface area contributed by atoms with Gasteiger partial charge in [0.1, 0.15) is 0 Å². The van der Waals surface area contributed by atoms with Gasteiger partial charge >= 0.3 is 0 Å². The van der Waals surface area contributed by atoms with Gasteiger partial charge in [0.2, 0.25) is 0 Å². The molecular formula is C19H30N2. The minimum atomic E-state index is 0.549. The van der Waals surface area contributed by atoms with Crippen LogP contribution in [0.5, 0.6) is 0 Å². The third kappa shape index (κ3) is 3.32. The molecule has 2 fully saturated rings. The molecule has 0 amide bonds. The number of rotatable bonds is 2. The van der Waals surface area contributed by atoms with Crippen LogP contribution in [0.4, 0.5) is 0 Å². The fourth-order valence-electron chi connectivity index (χ4n) is 4.15. The molecule has 1 heterocycles. The van der Waals surface area contributed by atoms with Crippen molar-refractivity contribution in [2.24, 2.45) is 11.8 Å². The van der Waals surface area contributed by atoms with Gasteiger partial charge in [-0.05, 0) is 43.6 Å². The van der Waals surface area contributed by atoms with Crippen LogP contribution in [0.1, 0.15) is 51.6 Å². The van der Waals surface area contributed by atoms with Crippen LogP contribution in [0, 0.1) is 11.8 Å². The predicted molar refractivity (Wildman–Crippen MR) is 89.3 cm³/mol. The first-order chi connectivity index (χ1) is 10.1. The monoisotopic (exact) mass is 286 g/mol. The maximum Gasteiger partial charge on any atom is 0.0476 e. The van der Waals surface area contributed by atoms with E-state index in [9.17, 15) is 0 Å². The number of piperazine rings is 1. The Bertz CT molecular complexity index is 444. The quantitative estimate of drug-likeness (QED) is 0.888. The highest BCUT2D eigenvalue weighted by molar-refractivity contribution is 5.20. The predicted octanol–water partition coefficient (Wildman–Crippen LogP) is 3.85. The average molecular weight is 286 g/mol. The summed E-state index contributed by atoms with van der Waals surface area (Å²) in [5.41, 5.74) is 1.48. The van der Waals surface area contributed by atoms with Crippen LogP contribution < -0.4 is 5.32 Å². The molecule has 1 N–H and O–H groups in total. The molecule has 1 saturated heterocycles. The zero-order valence-electron chi connectivity index (χ0n) is 13.8. The lowest BCUT2D eigenvalue weighted by Gasteiger charge is -2.47. The molecule has 116 valence electrons. The van der Waals surface area contributed by atoms with E-state index in [1.165, 1.54) is 31.4 Å². The lowest BCUT2D eigenvalue weighted by atomic mass is 9.77. The number of nitrogens with zero attached hydrogens (tertiary/aromatic N) is 1. The summed E-state index contributed by atoms with van der Waals surface area (Å²) in [4.78, 5) is 2.80. The van der Waals surface area contributed by atoms with E-state index in [1.807, 2.05) is 0 Å². The topological polar surface area (TPSA) is 15.3 Å². The summed E-state index contributed by atoms with van der Waals surface area (Å²) < 4.78 is 0. The summed E-state index contributed by atoms with van der Waals surface area (Å²) in [5, 5.41) is 3.68. The van der Waals surface area contributed by atoms with E-state index in [1.54, 1.807) is 0 Å². The highest BCUT2D eigenvalue weighted by Gasteiger charge is 2.35. The molecule has 1 aliphatic heterocycles. The van der Waals surface area contributed by atoms with Crippen molar-refractivity contribution in [3.63, 3.8) is 0 Å². The fraction of sp³-hybridized carbons (Fsp3) is 0.684. The number of hydrogen-bond acceptors (Lipinski definition) is 2. The molecule has 1 saturated carbocycles. The van der Waals surface area contributed by atoms with Gasteiger partial charge in [-0.15, -0.1) is 0 Å². The largest absolute Gasteiger partial charge is 0.311 e. The SMILES string of the molecule is CC1CN(C2CCC(C)C(C)C2)C(c2ccccc2)CN1. The summed E-state index contributed by atoms with van der Waals surface area (Å²) in [6.45, 7) is 9.47. The molecule has 2 heteroatoms. The van der Waals surface area contributed by atoms with Crippen LogP contribution in [-0.2, 0) is 0 Å². The van der Waals surface area contributed by atoms with Crippen molar-refractivity contribution in [3.05, 3.63) is 35.9 Å². The van der Waals surface area contributed by atoms with Gasteiger partial charge in [-0.25, -0.2) is 0 Å². The van der Waals surface area contributed by atoms with Crippen LogP contribution in [0.3, 0.4) is 0 Å². The lowest BCUT2D eigenvalue weighted by molar-refractivity contribution is 0.0411. The molecule has 5 unspecified atom stereocenters. The standard InChI is InChI=1S/C19H30N2/c1-14-9-10-18(11-15(14)2)21-13-16(3)20-12-19(21)17-7-5-4-6-8-17/h4-8,14-16,18-20H,9-13H2,1-3H3. The van der Waals surface area contributed by atoms with Gasteiger partial charge in [-0.2, -0.15) is 0 Å². The highest BCUT2D eigenvalue weighted by atomic mass is 15.3. The first kappa shape index (κ1) is 15.1. The van der Waals surface area contributed by atoms with Crippen molar-refractivity contribution in [1.82, 2.24) is 10.2 Å². The fourth-order valence-corrected chi connectivity index (χ4v) is 4.15. The van der Waals surface area contributed by atoms with E-state index in [4.69, 9.17) is 0 Å². The molecular weight excluding hydrogens is 256 g/mol. The van der Waals surface area contributed by atoms with Gasteiger partial charge in [-0.3, -0.25) is 4.90 Å². The van der Waals surface area contributed by atoms with E-state index < -0.39 is 0 Å². The molecule has 3 rings (SSSR count). The average Bonchev–Trinajstić information content (AvgIpc) is 2.51. The Morgan fingerprint density at radius 1 is 1.00 bits per heavy atom. The van der Waals surface area contributed by atoms with Gasteiger partial charge in [0, 0.05) is 31.2 Å². The van der Waals surface area contributed by atoms with Crippen molar-refractivity contribution in [2.45, 2.75) is 58.2 Å². The molecule has 1 aliphatic carbocycles. The number of hydrogen-bond donors (Lipinski definition) is 1. The smallest absolute Gasteiger partial charge is 0.0476 e. The molecule has 0 radical (unpaired) electrons. The van der Waals surface area contributed by atoms with Crippen LogP contribution >= 0.6 is 0 Å². The molecule has 0 aromatic heterocycles. The second-order valence-corrected chi connectivity index (χ2v) is 7.35. The minimum absolute atomic E-state index is 0.549. The molecule has 21 heavy (non-hydrogen) atoms. The Morgan fingerprint density at radius 2 is 1.76 bits per heavy atom. The summed E-state index contributed by atoms with van der Waals surface area (Å²) in [7, 11) is 0. The van der Waals surface area contributed by atoms with Gasteiger partial charge in [0.15, 0.2) is 0 Å². The molecule has 0 spiro atoms. The second-order valence-electron chi connectivity index (χ2n) is 7.35. The van der Waals surface area contributed by atoms with Crippen LogP contribution in [-0.4, -0.2) is 30.1 Å². The van der Waals surface area contributed by atoms with Gasteiger partial charge < -0.3 is 5.32 Å². The first-order valence-corrected chi connectivity index (χ1v) is 8.69. The van der Waals surface area contributed by atoms with Gasteiger partial charge in [-0.1, -0.05) is 44.2 Å². The molecule has 1 aromatic carbocycles. The molecule has 5 atom stereocenters. The van der Waals surface area contributed by atoms with E-state index >= 15 is 0 Å². The molecule has 2 nitrogen and oxygen atoms in total. The van der Waals surface area contributed by atoms with Crippen molar-refractivity contribution >= 4 is 0 Å². The Labute approximate surface area is 129 Å². The first-order valence-electron chi connectivity index (χ1n) is 8.69. The third-order valence-electron chi connectivity index (χ3n) is 5.77. The normalized spacial score (nSPS) is 38.3. The summed E-state index contributed by atoms with van der Waals surface area (Å²) in [6.07, 6.45) is 4.14. The summed E-state index contributed by atoms with van der Waals surface area (Å²) in [5.74, 6) is 1.77. The highest BCUT2D eigenvalue weighted by Crippen LogP contribution is 2.36. The third-order valence-corrected chi connectivity index (χ3v) is 5.77. The van der Waals surface area contributed by atoms with E-state index in [0.29, 0.717) is 12.1 Å². The Balaban J connectivity index is 1.79. The lowest BCUT2D eigenvalue weighted by Crippen LogP contribution is -2.55. The second kappa shape index (κ2) is 6.50. The van der Waals surface area contributed by atoms with Crippen molar-refractivity contribution in [1.29, 1.82) is 0 Å².